The molecule has 1 unspecified atom stereocenters. The summed E-state index contributed by atoms with van der Waals surface area (Å²) in [7, 11) is 2.23. The fraction of sp³-hybridized carbons (Fsp3) is 0.600. The fourth-order valence-corrected chi connectivity index (χ4v) is 1.99. The Balaban J connectivity index is 1.95. The van der Waals surface area contributed by atoms with E-state index in [2.05, 4.69) is 29.2 Å². The van der Waals surface area contributed by atoms with Crippen LogP contribution in [-0.2, 0) is 6.42 Å². The Hall–Kier alpha value is -0.760. The molecule has 2 heteroatoms. The number of nitrogens with zero attached hydrogens (tertiary/aromatic N) is 1. The standard InChI is InChI=1S/C10H16N2/c1-12-6-2-3-10(12)7-9-4-5-11-8-9/h4-5,8,10-11H,2-3,6-7H2,1H3. The minimum atomic E-state index is 0.779. The maximum absolute atomic E-state index is 3.10. The Bertz CT molecular complexity index is 228. The molecule has 1 aromatic rings. The number of H-pyrrole nitrogens is 1. The third kappa shape index (κ3) is 1.53. The number of nitrogens with one attached hydrogen (secondary N) is 1. The van der Waals surface area contributed by atoms with Gasteiger partial charge in [-0.15, -0.1) is 0 Å². The van der Waals surface area contributed by atoms with E-state index in [0.29, 0.717) is 0 Å². The molecule has 1 N–H and O–H groups in total. The number of likely N-dealkylation sites (tertiary alicyclic amines) is 1. The second kappa shape index (κ2) is 3.31. The monoisotopic (exact) mass is 164 g/mol. The van der Waals surface area contributed by atoms with Crippen LogP contribution in [-0.4, -0.2) is 29.5 Å². The van der Waals surface area contributed by atoms with Crippen LogP contribution in [0, 0.1) is 0 Å². The van der Waals surface area contributed by atoms with Crippen molar-refractivity contribution in [3.8, 4) is 0 Å². The molecule has 0 bridgehead atoms. The molecule has 2 rings (SSSR count). The third-order valence-electron chi connectivity index (χ3n) is 2.81. The van der Waals surface area contributed by atoms with E-state index in [1.54, 1.807) is 0 Å². The van der Waals surface area contributed by atoms with Crippen LogP contribution in [0.5, 0.6) is 0 Å². The Morgan fingerprint density at radius 1 is 1.67 bits per heavy atom. The van der Waals surface area contributed by atoms with Gasteiger partial charge in [0.1, 0.15) is 0 Å². The molecule has 12 heavy (non-hydrogen) atoms. The number of hydrogen-bond donors (Lipinski definition) is 1. The zero-order valence-electron chi connectivity index (χ0n) is 7.59. The van der Waals surface area contributed by atoms with Gasteiger partial charge in [-0.05, 0) is 44.5 Å². The minimum absolute atomic E-state index is 0.779. The number of aromatic amines is 1. The van der Waals surface area contributed by atoms with Crippen LogP contribution in [0.25, 0.3) is 0 Å². The lowest BCUT2D eigenvalue weighted by Gasteiger charge is -2.18. The van der Waals surface area contributed by atoms with Crippen molar-refractivity contribution < 1.29 is 0 Å². The molecule has 66 valence electrons. The summed E-state index contributed by atoms with van der Waals surface area (Å²) in [5, 5.41) is 0. The van der Waals surface area contributed by atoms with Crippen LogP contribution in [0.1, 0.15) is 18.4 Å². The van der Waals surface area contributed by atoms with Crippen molar-refractivity contribution in [1.29, 1.82) is 0 Å². The molecule has 1 aromatic heterocycles. The van der Waals surface area contributed by atoms with E-state index in [4.69, 9.17) is 0 Å². The van der Waals surface area contributed by atoms with E-state index in [9.17, 15) is 0 Å². The first-order valence-corrected chi connectivity index (χ1v) is 4.68. The van der Waals surface area contributed by atoms with Crippen LogP contribution in [0.2, 0.25) is 0 Å². The van der Waals surface area contributed by atoms with Crippen molar-refractivity contribution in [3.05, 3.63) is 24.0 Å². The normalized spacial score (nSPS) is 24.9. The lowest BCUT2D eigenvalue weighted by atomic mass is 10.1. The van der Waals surface area contributed by atoms with E-state index in [-0.39, 0.29) is 0 Å². The van der Waals surface area contributed by atoms with Gasteiger partial charge in [0.25, 0.3) is 0 Å². The van der Waals surface area contributed by atoms with Crippen molar-refractivity contribution in [2.45, 2.75) is 25.3 Å². The topological polar surface area (TPSA) is 19.0 Å². The predicted octanol–water partition coefficient (Wildman–Crippen LogP) is 1.65. The number of aromatic nitrogens is 1. The first-order chi connectivity index (χ1) is 5.86. The first-order valence-electron chi connectivity index (χ1n) is 4.68. The van der Waals surface area contributed by atoms with Gasteiger partial charge >= 0.3 is 0 Å². The molecule has 1 aliphatic rings. The van der Waals surface area contributed by atoms with Crippen molar-refractivity contribution >= 4 is 0 Å². The van der Waals surface area contributed by atoms with E-state index in [0.717, 1.165) is 6.04 Å². The molecule has 0 aliphatic carbocycles. The minimum Gasteiger partial charge on any atom is -0.367 e. The molecular formula is C10H16N2. The number of hydrogen-bond acceptors (Lipinski definition) is 1. The molecule has 1 aliphatic heterocycles. The van der Waals surface area contributed by atoms with Gasteiger partial charge < -0.3 is 9.88 Å². The highest BCUT2D eigenvalue weighted by molar-refractivity contribution is 5.10. The van der Waals surface area contributed by atoms with Crippen molar-refractivity contribution in [3.63, 3.8) is 0 Å². The molecule has 1 atom stereocenters. The average Bonchev–Trinajstić information content (AvgIpc) is 2.65. The van der Waals surface area contributed by atoms with Gasteiger partial charge in [-0.25, -0.2) is 0 Å². The van der Waals surface area contributed by atoms with Gasteiger partial charge in [-0.3, -0.25) is 0 Å². The lowest BCUT2D eigenvalue weighted by Crippen LogP contribution is -2.26. The highest BCUT2D eigenvalue weighted by Crippen LogP contribution is 2.18. The number of likely N-dealkylation sites (N-methyl/N-ethyl adjacent to an activating group) is 1. The summed E-state index contributed by atoms with van der Waals surface area (Å²) in [6.07, 6.45) is 8.05. The molecule has 0 radical (unpaired) electrons. The van der Waals surface area contributed by atoms with E-state index < -0.39 is 0 Å². The lowest BCUT2D eigenvalue weighted by molar-refractivity contribution is 0.309. The Morgan fingerprint density at radius 2 is 2.58 bits per heavy atom. The van der Waals surface area contributed by atoms with Gasteiger partial charge in [0.05, 0.1) is 0 Å². The highest BCUT2D eigenvalue weighted by atomic mass is 15.1. The molecule has 1 fully saturated rings. The Morgan fingerprint density at radius 3 is 3.17 bits per heavy atom. The van der Waals surface area contributed by atoms with Crippen LogP contribution in [0.15, 0.2) is 18.5 Å². The summed E-state index contributed by atoms with van der Waals surface area (Å²) in [4.78, 5) is 5.57. The fourth-order valence-electron chi connectivity index (χ4n) is 1.99. The SMILES string of the molecule is CN1CCCC1Cc1cc[nH]c1. The zero-order chi connectivity index (χ0) is 8.39. The molecule has 2 heterocycles. The predicted molar refractivity (Wildman–Crippen MR) is 50.1 cm³/mol. The largest absolute Gasteiger partial charge is 0.367 e. The summed E-state index contributed by atoms with van der Waals surface area (Å²) >= 11 is 0. The van der Waals surface area contributed by atoms with E-state index in [1.807, 2.05) is 6.20 Å². The Kier molecular flexibility index (Phi) is 2.17. The molecule has 2 nitrogen and oxygen atoms in total. The van der Waals surface area contributed by atoms with Crippen molar-refractivity contribution in [1.82, 2.24) is 9.88 Å². The summed E-state index contributed by atoms with van der Waals surface area (Å²) in [5.74, 6) is 0. The summed E-state index contributed by atoms with van der Waals surface area (Å²) in [6, 6.07) is 2.95. The smallest absolute Gasteiger partial charge is 0.0134 e. The van der Waals surface area contributed by atoms with Gasteiger partial charge in [0, 0.05) is 18.4 Å². The van der Waals surface area contributed by atoms with Crippen molar-refractivity contribution in [2.24, 2.45) is 0 Å². The van der Waals surface area contributed by atoms with Gasteiger partial charge in [0.15, 0.2) is 0 Å². The van der Waals surface area contributed by atoms with Gasteiger partial charge in [0.2, 0.25) is 0 Å². The maximum atomic E-state index is 3.10. The second-order valence-corrected chi connectivity index (χ2v) is 3.70. The van der Waals surface area contributed by atoms with E-state index >= 15 is 0 Å². The highest BCUT2D eigenvalue weighted by Gasteiger charge is 2.20. The summed E-state index contributed by atoms with van der Waals surface area (Å²) in [6.45, 7) is 1.27. The molecule has 0 saturated carbocycles. The first kappa shape index (κ1) is 7.87. The van der Waals surface area contributed by atoms with Crippen LogP contribution in [0.4, 0.5) is 0 Å². The summed E-state index contributed by atoms with van der Waals surface area (Å²) in [5.41, 5.74) is 1.44. The molecule has 0 aromatic carbocycles. The molecular weight excluding hydrogens is 148 g/mol. The van der Waals surface area contributed by atoms with Crippen molar-refractivity contribution in [2.75, 3.05) is 13.6 Å². The molecule has 0 spiro atoms. The van der Waals surface area contributed by atoms with Gasteiger partial charge in [-0.1, -0.05) is 0 Å². The number of rotatable bonds is 2. The van der Waals surface area contributed by atoms with Crippen LogP contribution in [0.3, 0.4) is 0 Å². The average molecular weight is 164 g/mol. The van der Waals surface area contributed by atoms with Gasteiger partial charge in [-0.2, -0.15) is 0 Å². The van der Waals surface area contributed by atoms with Crippen LogP contribution < -0.4 is 0 Å². The second-order valence-electron chi connectivity index (χ2n) is 3.70. The van der Waals surface area contributed by atoms with Crippen LogP contribution >= 0.6 is 0 Å². The maximum Gasteiger partial charge on any atom is 0.0134 e. The quantitative estimate of drug-likeness (QED) is 0.704. The third-order valence-corrected chi connectivity index (χ3v) is 2.81. The molecule has 1 saturated heterocycles. The van der Waals surface area contributed by atoms with E-state index in [1.165, 1.54) is 31.4 Å². The Labute approximate surface area is 73.6 Å². The molecule has 0 amide bonds. The zero-order valence-corrected chi connectivity index (χ0v) is 7.59. The summed E-state index contributed by atoms with van der Waals surface area (Å²) < 4.78 is 0.